The lowest BCUT2D eigenvalue weighted by Gasteiger charge is -2.23. The fraction of sp³-hybridized carbons (Fsp3) is 0.333. The molecule has 2 aromatic rings. The molecule has 0 aliphatic heterocycles. The van der Waals surface area contributed by atoms with E-state index in [1.165, 1.54) is 12.1 Å². The van der Waals surface area contributed by atoms with E-state index in [0.717, 1.165) is 6.07 Å². The smallest absolute Gasteiger partial charge is 0.408 e. The number of nitrogens with one attached hydrogen (secondary N) is 2. The second kappa shape index (κ2) is 8.00. The number of hydrogen-bond donors (Lipinski definition) is 3. The minimum Gasteiger partial charge on any atom is -0.444 e. The number of aliphatic hydroxyl groups excluding tert-OH is 1. The van der Waals surface area contributed by atoms with Crippen molar-refractivity contribution in [1.29, 1.82) is 0 Å². The maximum atomic E-state index is 13.3. The Hall–Kier alpha value is -2.64. The Kier molecular flexibility index (Phi) is 5.82. The van der Waals surface area contributed by atoms with E-state index >= 15 is 0 Å². The van der Waals surface area contributed by atoms with Crippen molar-refractivity contribution < 1.29 is 23.8 Å². The van der Waals surface area contributed by atoms with Crippen LogP contribution in [0.4, 0.5) is 14.9 Å². The van der Waals surface area contributed by atoms with Gasteiger partial charge in [0.05, 0.1) is 17.2 Å². The Bertz CT molecular complexity index is 958. The molecule has 2 atom stereocenters. The van der Waals surface area contributed by atoms with Crippen molar-refractivity contribution in [3.63, 3.8) is 0 Å². The lowest BCUT2D eigenvalue weighted by molar-refractivity contribution is 0.0437. The highest BCUT2D eigenvalue weighted by Crippen LogP contribution is 2.34. The van der Waals surface area contributed by atoms with Gasteiger partial charge >= 0.3 is 6.09 Å². The van der Waals surface area contributed by atoms with Gasteiger partial charge in [-0.15, -0.1) is 0 Å². The molecule has 0 saturated carbocycles. The largest absolute Gasteiger partial charge is 0.444 e. The molecule has 29 heavy (non-hydrogen) atoms. The lowest BCUT2D eigenvalue weighted by atomic mass is 10.0. The standard InChI is InChI=1S/C21H22ClFN2O4/c1-21(2,3)29-20(28)25-18-12-5-4-6-13(14(12)10-17(18)26)19(27)24-11-7-8-16(23)15(22)9-11/h4-9,17-18,26H,10H2,1-3H3,(H,24,27)(H,25,28)/t17-,18-/m1/s1. The predicted octanol–water partition coefficient (Wildman–Crippen LogP) is 4.21. The molecule has 0 aromatic heterocycles. The molecule has 154 valence electrons. The highest BCUT2D eigenvalue weighted by molar-refractivity contribution is 6.31. The van der Waals surface area contributed by atoms with Crippen LogP contribution in [0.5, 0.6) is 0 Å². The van der Waals surface area contributed by atoms with Crippen LogP contribution in [0.3, 0.4) is 0 Å². The van der Waals surface area contributed by atoms with Gasteiger partial charge in [-0.2, -0.15) is 0 Å². The number of halogens is 2. The molecule has 0 radical (unpaired) electrons. The molecule has 3 N–H and O–H groups in total. The maximum Gasteiger partial charge on any atom is 0.408 e. The SMILES string of the molecule is CC(C)(C)OC(=O)N[C@@H]1c2cccc(C(=O)Nc3ccc(F)c(Cl)c3)c2C[C@H]1O. The first-order valence-corrected chi connectivity index (χ1v) is 9.49. The zero-order valence-electron chi connectivity index (χ0n) is 16.3. The summed E-state index contributed by atoms with van der Waals surface area (Å²) in [5.41, 5.74) is 1.31. The maximum absolute atomic E-state index is 13.3. The molecule has 1 aliphatic carbocycles. The molecule has 2 amide bonds. The number of hydrogen-bond acceptors (Lipinski definition) is 4. The van der Waals surface area contributed by atoms with E-state index in [4.69, 9.17) is 16.3 Å². The van der Waals surface area contributed by atoms with E-state index < -0.39 is 35.6 Å². The zero-order valence-corrected chi connectivity index (χ0v) is 17.0. The number of anilines is 1. The number of ether oxygens (including phenoxy) is 1. The molecule has 0 unspecified atom stereocenters. The number of benzene rings is 2. The molecule has 8 heteroatoms. The topological polar surface area (TPSA) is 87.7 Å². The van der Waals surface area contributed by atoms with E-state index in [-0.39, 0.29) is 11.4 Å². The highest BCUT2D eigenvalue weighted by atomic mass is 35.5. The normalized spacial score (nSPS) is 18.1. The van der Waals surface area contributed by atoms with Gasteiger partial charge < -0.3 is 20.5 Å². The van der Waals surface area contributed by atoms with Crippen LogP contribution in [-0.2, 0) is 11.2 Å². The monoisotopic (exact) mass is 420 g/mol. The Labute approximate surface area is 173 Å². The van der Waals surface area contributed by atoms with E-state index in [1.807, 2.05) is 0 Å². The Morgan fingerprint density at radius 2 is 1.97 bits per heavy atom. The summed E-state index contributed by atoms with van der Waals surface area (Å²) < 4.78 is 18.6. The van der Waals surface area contributed by atoms with Gasteiger partial charge in [0, 0.05) is 17.7 Å². The van der Waals surface area contributed by atoms with Crippen LogP contribution in [-0.4, -0.2) is 28.8 Å². The number of carbonyl (C=O) groups excluding carboxylic acids is 2. The van der Waals surface area contributed by atoms with Gasteiger partial charge in [0.15, 0.2) is 0 Å². The van der Waals surface area contributed by atoms with Crippen molar-refractivity contribution in [2.45, 2.75) is 44.9 Å². The molecule has 0 spiro atoms. The van der Waals surface area contributed by atoms with Crippen molar-refractivity contribution in [2.75, 3.05) is 5.32 Å². The van der Waals surface area contributed by atoms with Crippen molar-refractivity contribution in [2.24, 2.45) is 0 Å². The summed E-state index contributed by atoms with van der Waals surface area (Å²) >= 11 is 5.76. The number of fused-ring (bicyclic) bond motifs is 1. The van der Waals surface area contributed by atoms with E-state index in [1.54, 1.807) is 39.0 Å². The molecular formula is C21H22ClFN2O4. The van der Waals surface area contributed by atoms with Crippen LogP contribution in [0.1, 0.15) is 48.3 Å². The van der Waals surface area contributed by atoms with E-state index in [0.29, 0.717) is 22.4 Å². The molecule has 1 aliphatic rings. The number of carbonyl (C=O) groups is 2. The van der Waals surface area contributed by atoms with Crippen molar-refractivity contribution in [3.8, 4) is 0 Å². The van der Waals surface area contributed by atoms with Crippen LogP contribution < -0.4 is 10.6 Å². The molecular weight excluding hydrogens is 399 g/mol. The Balaban J connectivity index is 1.81. The summed E-state index contributed by atoms with van der Waals surface area (Å²) in [6.45, 7) is 5.24. The van der Waals surface area contributed by atoms with Crippen LogP contribution >= 0.6 is 11.6 Å². The second-order valence-corrected chi connectivity index (χ2v) is 8.26. The van der Waals surface area contributed by atoms with Crippen molar-refractivity contribution in [1.82, 2.24) is 5.32 Å². The third kappa shape index (κ3) is 4.86. The lowest BCUT2D eigenvalue weighted by Crippen LogP contribution is -2.38. The van der Waals surface area contributed by atoms with Gasteiger partial charge in [0.1, 0.15) is 11.4 Å². The molecule has 3 rings (SSSR count). The minimum atomic E-state index is -0.897. The Morgan fingerprint density at radius 1 is 1.24 bits per heavy atom. The third-order valence-corrected chi connectivity index (χ3v) is 4.73. The first-order chi connectivity index (χ1) is 13.5. The van der Waals surface area contributed by atoms with Crippen molar-refractivity contribution >= 4 is 29.3 Å². The second-order valence-electron chi connectivity index (χ2n) is 7.85. The van der Waals surface area contributed by atoms with Crippen molar-refractivity contribution in [3.05, 3.63) is 63.9 Å². The average Bonchev–Trinajstić information content (AvgIpc) is 2.92. The molecule has 6 nitrogen and oxygen atoms in total. The summed E-state index contributed by atoms with van der Waals surface area (Å²) in [6, 6.07) is 8.25. The summed E-state index contributed by atoms with van der Waals surface area (Å²) in [6.07, 6.45) is -1.35. The van der Waals surface area contributed by atoms with Gasteiger partial charge in [-0.05, 0) is 56.2 Å². The van der Waals surface area contributed by atoms with Gasteiger partial charge in [0.25, 0.3) is 5.91 Å². The fourth-order valence-electron chi connectivity index (χ4n) is 3.25. The van der Waals surface area contributed by atoms with Gasteiger partial charge in [0.2, 0.25) is 0 Å². The zero-order chi connectivity index (χ0) is 21.3. The summed E-state index contributed by atoms with van der Waals surface area (Å²) in [5, 5.41) is 15.7. The summed E-state index contributed by atoms with van der Waals surface area (Å²) in [4.78, 5) is 24.9. The van der Waals surface area contributed by atoms with E-state index in [9.17, 15) is 19.1 Å². The number of aliphatic hydroxyl groups is 1. The summed E-state index contributed by atoms with van der Waals surface area (Å²) in [7, 11) is 0. The van der Waals surface area contributed by atoms with Crippen LogP contribution in [0.2, 0.25) is 5.02 Å². The molecule has 2 aromatic carbocycles. The quantitative estimate of drug-likeness (QED) is 0.694. The first-order valence-electron chi connectivity index (χ1n) is 9.11. The number of rotatable bonds is 3. The average molecular weight is 421 g/mol. The van der Waals surface area contributed by atoms with Crippen LogP contribution in [0.25, 0.3) is 0 Å². The van der Waals surface area contributed by atoms with Gasteiger partial charge in [-0.25, -0.2) is 9.18 Å². The van der Waals surface area contributed by atoms with E-state index in [2.05, 4.69) is 10.6 Å². The molecule has 0 heterocycles. The first kappa shape index (κ1) is 21.1. The predicted molar refractivity (Wildman–Crippen MR) is 108 cm³/mol. The highest BCUT2D eigenvalue weighted by Gasteiger charge is 2.35. The summed E-state index contributed by atoms with van der Waals surface area (Å²) in [5.74, 6) is -1.00. The number of alkyl carbamates (subject to hydrolysis) is 1. The molecule has 0 bridgehead atoms. The van der Waals surface area contributed by atoms with Crippen LogP contribution in [0.15, 0.2) is 36.4 Å². The fourth-order valence-corrected chi connectivity index (χ4v) is 3.43. The number of amides is 2. The van der Waals surface area contributed by atoms with Gasteiger partial charge in [-0.1, -0.05) is 23.7 Å². The third-order valence-electron chi connectivity index (χ3n) is 4.44. The molecule has 0 saturated heterocycles. The molecule has 0 fully saturated rings. The Morgan fingerprint density at radius 3 is 2.62 bits per heavy atom. The minimum absolute atomic E-state index is 0.0989. The van der Waals surface area contributed by atoms with Gasteiger partial charge in [-0.3, -0.25) is 4.79 Å². The van der Waals surface area contributed by atoms with Crippen LogP contribution in [0, 0.1) is 5.82 Å².